The van der Waals surface area contributed by atoms with Crippen molar-refractivity contribution in [1.29, 1.82) is 0 Å². The quantitative estimate of drug-likeness (QED) is 0.708. The lowest BCUT2D eigenvalue weighted by atomic mass is 10.1. The molecule has 0 heterocycles. The molecule has 156 valence electrons. The number of nitrogens with one attached hydrogen (secondary N) is 1. The largest absolute Gasteiger partial charge is 0.449 e. The molecule has 2 rings (SSSR count). The van der Waals surface area contributed by atoms with Crippen LogP contribution in [0, 0.1) is 6.92 Å². The summed E-state index contributed by atoms with van der Waals surface area (Å²) in [5.41, 5.74) is -1.33. The number of benzene rings is 2. The number of alkyl halides is 3. The van der Waals surface area contributed by atoms with E-state index in [1.165, 1.54) is 38.1 Å². The summed E-state index contributed by atoms with van der Waals surface area (Å²) >= 11 is 0. The highest BCUT2D eigenvalue weighted by Crippen LogP contribution is 2.34. The maximum absolute atomic E-state index is 13.0. The molecule has 7 nitrogen and oxygen atoms in total. The molecule has 0 saturated carbocycles. The predicted molar refractivity (Wildman–Crippen MR) is 97.5 cm³/mol. The number of aryl methyl sites for hydroxylation is 1. The van der Waals surface area contributed by atoms with Gasteiger partial charge in [0.1, 0.15) is 0 Å². The number of primary sulfonamides is 1. The van der Waals surface area contributed by atoms with E-state index in [0.29, 0.717) is 5.56 Å². The van der Waals surface area contributed by atoms with Crippen LogP contribution in [0.1, 0.15) is 28.4 Å². The van der Waals surface area contributed by atoms with Crippen molar-refractivity contribution < 1.29 is 35.9 Å². The minimum Gasteiger partial charge on any atom is -0.449 e. The van der Waals surface area contributed by atoms with Gasteiger partial charge in [0.25, 0.3) is 5.91 Å². The Kier molecular flexibility index (Phi) is 6.34. The summed E-state index contributed by atoms with van der Waals surface area (Å²) in [6.45, 7) is 2.68. The van der Waals surface area contributed by atoms with E-state index < -0.39 is 45.4 Å². The third kappa shape index (κ3) is 5.55. The Labute approximate surface area is 164 Å². The number of sulfonamides is 1. The van der Waals surface area contributed by atoms with Gasteiger partial charge < -0.3 is 10.1 Å². The van der Waals surface area contributed by atoms with Crippen molar-refractivity contribution in [1.82, 2.24) is 0 Å². The summed E-state index contributed by atoms with van der Waals surface area (Å²) in [4.78, 5) is 24.2. The highest BCUT2D eigenvalue weighted by atomic mass is 32.2. The molecule has 0 aliphatic heterocycles. The molecular formula is C18H17F3N2O5S. The van der Waals surface area contributed by atoms with Crippen LogP contribution in [-0.2, 0) is 25.7 Å². The van der Waals surface area contributed by atoms with Gasteiger partial charge in [0.15, 0.2) is 6.10 Å². The fourth-order valence-electron chi connectivity index (χ4n) is 2.35. The Bertz CT molecular complexity index is 1050. The average molecular weight is 430 g/mol. The normalized spacial score (nSPS) is 12.9. The Hall–Kier alpha value is -2.92. The van der Waals surface area contributed by atoms with Crippen LogP contribution in [0.25, 0.3) is 0 Å². The molecule has 0 radical (unpaired) electrons. The summed E-state index contributed by atoms with van der Waals surface area (Å²) in [7, 11) is -4.07. The van der Waals surface area contributed by atoms with Crippen LogP contribution in [0.2, 0.25) is 0 Å². The van der Waals surface area contributed by atoms with Gasteiger partial charge in [0.2, 0.25) is 10.0 Å². The number of anilines is 1. The van der Waals surface area contributed by atoms with Gasteiger partial charge in [0, 0.05) is 0 Å². The Balaban J connectivity index is 2.18. The van der Waals surface area contributed by atoms with Gasteiger partial charge in [-0.05, 0) is 43.7 Å². The highest BCUT2D eigenvalue weighted by Gasteiger charge is 2.34. The van der Waals surface area contributed by atoms with E-state index in [9.17, 15) is 31.2 Å². The lowest BCUT2D eigenvalue weighted by Crippen LogP contribution is -2.31. The molecule has 2 aromatic rings. The minimum atomic E-state index is -4.69. The first-order valence-electron chi connectivity index (χ1n) is 8.12. The molecule has 0 aliphatic rings. The standard InChI is InChI=1S/C18H17F3N2O5S/c1-10-7-8-12(29(22,26)27)9-13(10)17(25)28-11(2)16(24)23-15-6-4-3-5-14(15)18(19,20)21/h3-9,11H,1-2H3,(H,23,24)(H2,22,26,27). The van der Waals surface area contributed by atoms with Gasteiger partial charge in [0.05, 0.1) is 21.7 Å². The number of rotatable bonds is 5. The number of nitrogens with two attached hydrogens (primary N) is 1. The first-order valence-corrected chi connectivity index (χ1v) is 9.67. The van der Waals surface area contributed by atoms with E-state index >= 15 is 0 Å². The zero-order valence-electron chi connectivity index (χ0n) is 15.3. The van der Waals surface area contributed by atoms with Crippen LogP contribution in [0.15, 0.2) is 47.4 Å². The number of para-hydroxylation sites is 1. The van der Waals surface area contributed by atoms with E-state index in [1.54, 1.807) is 0 Å². The van der Waals surface area contributed by atoms with Crippen LogP contribution in [0.3, 0.4) is 0 Å². The van der Waals surface area contributed by atoms with Crippen molar-refractivity contribution in [2.75, 3.05) is 5.32 Å². The van der Waals surface area contributed by atoms with Crippen LogP contribution in [0.5, 0.6) is 0 Å². The van der Waals surface area contributed by atoms with Crippen molar-refractivity contribution in [3.8, 4) is 0 Å². The molecule has 0 saturated heterocycles. The zero-order chi connectivity index (χ0) is 22.0. The molecular weight excluding hydrogens is 413 g/mol. The number of halogens is 3. The maximum Gasteiger partial charge on any atom is 0.418 e. The molecule has 11 heteroatoms. The number of carbonyl (C=O) groups is 2. The van der Waals surface area contributed by atoms with Crippen molar-refractivity contribution in [2.24, 2.45) is 5.14 Å². The summed E-state index contributed by atoms with van der Waals surface area (Å²) in [5.74, 6) is -2.02. The van der Waals surface area contributed by atoms with Gasteiger partial charge in [-0.2, -0.15) is 13.2 Å². The molecule has 1 atom stereocenters. The second-order valence-corrected chi connectivity index (χ2v) is 7.66. The third-order valence-corrected chi connectivity index (χ3v) is 4.81. The summed E-state index contributed by atoms with van der Waals surface area (Å²) in [5, 5.41) is 7.10. The highest BCUT2D eigenvalue weighted by molar-refractivity contribution is 7.89. The lowest BCUT2D eigenvalue weighted by molar-refractivity contribution is -0.137. The van der Waals surface area contributed by atoms with Gasteiger partial charge in [-0.25, -0.2) is 18.4 Å². The van der Waals surface area contributed by atoms with Gasteiger partial charge in [-0.15, -0.1) is 0 Å². The van der Waals surface area contributed by atoms with Crippen molar-refractivity contribution in [3.63, 3.8) is 0 Å². The Morgan fingerprint density at radius 3 is 2.34 bits per heavy atom. The summed E-state index contributed by atoms with van der Waals surface area (Å²) in [6.07, 6.45) is -6.14. The molecule has 1 amide bonds. The molecule has 0 bridgehead atoms. The van der Waals surface area contributed by atoms with Crippen LogP contribution < -0.4 is 10.5 Å². The zero-order valence-corrected chi connectivity index (χ0v) is 16.1. The van der Waals surface area contributed by atoms with Crippen LogP contribution in [-0.4, -0.2) is 26.4 Å². The first-order chi connectivity index (χ1) is 13.3. The third-order valence-electron chi connectivity index (χ3n) is 3.90. The fourth-order valence-corrected chi connectivity index (χ4v) is 2.89. The lowest BCUT2D eigenvalue weighted by Gasteiger charge is -2.17. The van der Waals surface area contributed by atoms with E-state index in [0.717, 1.165) is 18.2 Å². The first kappa shape index (κ1) is 22.4. The average Bonchev–Trinajstić information content (AvgIpc) is 2.60. The maximum atomic E-state index is 13.0. The van der Waals surface area contributed by atoms with Crippen molar-refractivity contribution >= 4 is 27.6 Å². The van der Waals surface area contributed by atoms with Gasteiger partial charge >= 0.3 is 12.1 Å². The SMILES string of the molecule is Cc1ccc(S(N)(=O)=O)cc1C(=O)OC(C)C(=O)Nc1ccccc1C(F)(F)F. The number of esters is 1. The molecule has 1 unspecified atom stereocenters. The number of hydrogen-bond acceptors (Lipinski definition) is 5. The molecule has 0 aromatic heterocycles. The smallest absolute Gasteiger partial charge is 0.418 e. The Morgan fingerprint density at radius 2 is 1.76 bits per heavy atom. The fraction of sp³-hybridized carbons (Fsp3) is 0.222. The van der Waals surface area contributed by atoms with Crippen molar-refractivity contribution in [3.05, 3.63) is 59.2 Å². The Morgan fingerprint density at radius 1 is 1.14 bits per heavy atom. The van der Waals surface area contributed by atoms with E-state index in [4.69, 9.17) is 9.88 Å². The topological polar surface area (TPSA) is 116 Å². The van der Waals surface area contributed by atoms with Gasteiger partial charge in [-0.3, -0.25) is 4.79 Å². The summed E-state index contributed by atoms with van der Waals surface area (Å²) < 4.78 is 66.9. The van der Waals surface area contributed by atoms with Gasteiger partial charge in [-0.1, -0.05) is 18.2 Å². The number of ether oxygens (including phenoxy) is 1. The molecule has 2 aromatic carbocycles. The molecule has 0 spiro atoms. The second-order valence-electron chi connectivity index (χ2n) is 6.10. The predicted octanol–water partition coefficient (Wildman–Crippen LogP) is 2.85. The number of hydrogen-bond donors (Lipinski definition) is 2. The second kappa shape index (κ2) is 8.21. The molecule has 0 fully saturated rings. The number of amides is 1. The summed E-state index contributed by atoms with van der Waals surface area (Å²) in [6, 6.07) is 7.87. The van der Waals surface area contributed by atoms with Crippen LogP contribution >= 0.6 is 0 Å². The van der Waals surface area contributed by atoms with Crippen molar-refractivity contribution in [2.45, 2.75) is 31.0 Å². The van der Waals surface area contributed by atoms with E-state index in [-0.39, 0.29) is 10.5 Å². The molecule has 29 heavy (non-hydrogen) atoms. The minimum absolute atomic E-state index is 0.146. The molecule has 0 aliphatic carbocycles. The number of carbonyl (C=O) groups excluding carboxylic acids is 2. The van der Waals surface area contributed by atoms with E-state index in [1.807, 2.05) is 0 Å². The molecule has 3 N–H and O–H groups in total. The van der Waals surface area contributed by atoms with E-state index in [2.05, 4.69) is 5.32 Å². The van der Waals surface area contributed by atoms with Crippen LogP contribution in [0.4, 0.5) is 18.9 Å². The monoisotopic (exact) mass is 430 g/mol.